The van der Waals surface area contributed by atoms with E-state index in [0.29, 0.717) is 11.0 Å². The molecule has 0 aliphatic rings. The first-order chi connectivity index (χ1) is 7.10. The zero-order chi connectivity index (χ0) is 11.4. The Kier molecular flexibility index (Phi) is 4.69. The number of alkyl halides is 1. The van der Waals surface area contributed by atoms with Crippen molar-refractivity contribution in [3.05, 3.63) is 28.0 Å². The van der Waals surface area contributed by atoms with E-state index in [1.54, 1.807) is 13.2 Å². The second kappa shape index (κ2) is 5.58. The topological polar surface area (TPSA) is 42.4 Å². The lowest BCUT2D eigenvalue weighted by Crippen LogP contribution is -2.27. The lowest BCUT2D eigenvalue weighted by Gasteiger charge is -2.14. The Morgan fingerprint density at radius 2 is 2.33 bits per heavy atom. The largest absolute Gasteiger partial charge is 0.296 e. The van der Waals surface area contributed by atoms with E-state index in [0.717, 1.165) is 15.1 Å². The number of hydroxylamine groups is 2. The van der Waals surface area contributed by atoms with E-state index >= 15 is 0 Å². The molecule has 0 bridgehead atoms. The van der Waals surface area contributed by atoms with Gasteiger partial charge in [0.05, 0.1) is 7.11 Å². The lowest BCUT2D eigenvalue weighted by atomic mass is 10.2. The molecule has 0 N–H and O–H groups in total. The Labute approximate surface area is 105 Å². The summed E-state index contributed by atoms with van der Waals surface area (Å²) in [6.45, 7) is 0. The zero-order valence-electron chi connectivity index (χ0n) is 8.33. The van der Waals surface area contributed by atoms with Crippen LogP contribution in [-0.4, -0.2) is 30.1 Å². The van der Waals surface area contributed by atoms with Crippen LogP contribution in [0.5, 0.6) is 0 Å². The SMILES string of the molecule is CON(C)C(=O)c1ncc(Br)cc1CBr. The molecule has 6 heteroatoms. The van der Waals surface area contributed by atoms with Crippen LogP contribution in [0.15, 0.2) is 16.7 Å². The summed E-state index contributed by atoms with van der Waals surface area (Å²) in [5.74, 6) is -0.264. The molecule has 82 valence electrons. The third kappa shape index (κ3) is 2.99. The molecule has 0 unspecified atom stereocenters. The third-order valence-corrected chi connectivity index (χ3v) is 2.88. The Bertz CT molecular complexity index is 371. The van der Waals surface area contributed by atoms with Crippen LogP contribution in [0.3, 0.4) is 0 Å². The molecule has 0 saturated carbocycles. The van der Waals surface area contributed by atoms with Gasteiger partial charge in [0, 0.05) is 23.0 Å². The lowest BCUT2D eigenvalue weighted by molar-refractivity contribution is -0.0761. The van der Waals surface area contributed by atoms with Gasteiger partial charge in [-0.25, -0.2) is 10.0 Å². The average molecular weight is 338 g/mol. The van der Waals surface area contributed by atoms with Gasteiger partial charge in [0.15, 0.2) is 0 Å². The van der Waals surface area contributed by atoms with Crippen molar-refractivity contribution in [1.82, 2.24) is 10.0 Å². The van der Waals surface area contributed by atoms with Gasteiger partial charge in [-0.1, -0.05) is 15.9 Å². The van der Waals surface area contributed by atoms with Crippen LogP contribution in [-0.2, 0) is 10.2 Å². The van der Waals surface area contributed by atoms with Crippen LogP contribution < -0.4 is 0 Å². The van der Waals surface area contributed by atoms with Crippen molar-refractivity contribution in [3.63, 3.8) is 0 Å². The van der Waals surface area contributed by atoms with Crippen molar-refractivity contribution in [2.24, 2.45) is 0 Å². The molecule has 1 amide bonds. The van der Waals surface area contributed by atoms with E-state index in [-0.39, 0.29) is 5.91 Å². The van der Waals surface area contributed by atoms with E-state index in [9.17, 15) is 4.79 Å². The van der Waals surface area contributed by atoms with Crippen LogP contribution in [0.4, 0.5) is 0 Å². The number of carbonyl (C=O) groups is 1. The fourth-order valence-corrected chi connectivity index (χ4v) is 1.81. The molecule has 15 heavy (non-hydrogen) atoms. The van der Waals surface area contributed by atoms with E-state index in [1.807, 2.05) is 6.07 Å². The first-order valence-corrected chi connectivity index (χ1v) is 6.04. The first-order valence-electron chi connectivity index (χ1n) is 4.12. The first kappa shape index (κ1) is 12.6. The smallest absolute Gasteiger partial charge is 0.274 e. The molecule has 0 radical (unpaired) electrons. The maximum absolute atomic E-state index is 11.8. The molecule has 1 heterocycles. The molecule has 0 spiro atoms. The molecule has 1 aromatic rings. The predicted molar refractivity (Wildman–Crippen MR) is 63.7 cm³/mol. The van der Waals surface area contributed by atoms with Crippen molar-refractivity contribution in [3.8, 4) is 0 Å². The molecule has 0 atom stereocenters. The van der Waals surface area contributed by atoms with Crippen LogP contribution >= 0.6 is 31.9 Å². The van der Waals surface area contributed by atoms with Crippen LogP contribution in [0.2, 0.25) is 0 Å². The van der Waals surface area contributed by atoms with Crippen LogP contribution in [0.1, 0.15) is 16.1 Å². The van der Waals surface area contributed by atoms with Crippen LogP contribution in [0, 0.1) is 0 Å². The van der Waals surface area contributed by atoms with Crippen molar-refractivity contribution >= 4 is 37.8 Å². The maximum Gasteiger partial charge on any atom is 0.296 e. The number of nitrogens with zero attached hydrogens (tertiary/aromatic N) is 2. The van der Waals surface area contributed by atoms with Crippen molar-refractivity contribution in [1.29, 1.82) is 0 Å². The molecular weight excluding hydrogens is 328 g/mol. The standard InChI is InChI=1S/C9H10Br2N2O2/c1-13(15-2)9(14)8-6(4-10)3-7(11)5-12-8/h3,5H,4H2,1-2H3. The number of hydrogen-bond acceptors (Lipinski definition) is 3. The molecule has 0 aromatic carbocycles. The number of rotatable bonds is 3. The van der Waals surface area contributed by atoms with E-state index in [4.69, 9.17) is 4.84 Å². The fraction of sp³-hybridized carbons (Fsp3) is 0.333. The molecule has 0 saturated heterocycles. The van der Waals surface area contributed by atoms with Crippen molar-refractivity contribution in [2.75, 3.05) is 14.2 Å². The summed E-state index contributed by atoms with van der Waals surface area (Å²) in [6.07, 6.45) is 1.59. The Hall–Kier alpha value is -0.460. The van der Waals surface area contributed by atoms with Gasteiger partial charge in [0.25, 0.3) is 5.91 Å². The second-order valence-electron chi connectivity index (χ2n) is 2.78. The summed E-state index contributed by atoms with van der Waals surface area (Å²) in [6, 6.07) is 1.85. The highest BCUT2D eigenvalue weighted by Crippen LogP contribution is 2.17. The van der Waals surface area contributed by atoms with Gasteiger partial charge < -0.3 is 0 Å². The number of halogens is 2. The molecule has 1 aromatic heterocycles. The van der Waals surface area contributed by atoms with E-state index in [2.05, 4.69) is 36.8 Å². The summed E-state index contributed by atoms with van der Waals surface area (Å²) in [4.78, 5) is 20.7. The summed E-state index contributed by atoms with van der Waals surface area (Å²) in [5.41, 5.74) is 1.21. The quantitative estimate of drug-likeness (QED) is 0.628. The summed E-state index contributed by atoms with van der Waals surface area (Å²) >= 11 is 6.61. The summed E-state index contributed by atoms with van der Waals surface area (Å²) < 4.78 is 0.841. The highest BCUT2D eigenvalue weighted by atomic mass is 79.9. The minimum atomic E-state index is -0.264. The van der Waals surface area contributed by atoms with Crippen molar-refractivity contribution < 1.29 is 9.63 Å². The normalized spacial score (nSPS) is 10.1. The number of amides is 1. The average Bonchev–Trinajstić information content (AvgIpc) is 2.26. The van der Waals surface area contributed by atoms with Gasteiger partial charge >= 0.3 is 0 Å². The number of carbonyl (C=O) groups excluding carboxylic acids is 1. The van der Waals surface area contributed by atoms with Gasteiger partial charge in [-0.2, -0.15) is 0 Å². The minimum Gasteiger partial charge on any atom is -0.274 e. The molecule has 0 fully saturated rings. The highest BCUT2D eigenvalue weighted by Gasteiger charge is 2.17. The Morgan fingerprint density at radius 3 is 2.87 bits per heavy atom. The third-order valence-electron chi connectivity index (χ3n) is 1.84. The van der Waals surface area contributed by atoms with E-state index in [1.165, 1.54) is 7.11 Å². The van der Waals surface area contributed by atoms with Gasteiger partial charge in [0.1, 0.15) is 5.69 Å². The number of hydrogen-bond donors (Lipinski definition) is 0. The highest BCUT2D eigenvalue weighted by molar-refractivity contribution is 9.10. The van der Waals surface area contributed by atoms with Crippen LogP contribution in [0.25, 0.3) is 0 Å². The maximum atomic E-state index is 11.8. The number of aromatic nitrogens is 1. The second-order valence-corrected chi connectivity index (χ2v) is 4.26. The molecule has 0 aliphatic carbocycles. The monoisotopic (exact) mass is 336 g/mol. The zero-order valence-corrected chi connectivity index (χ0v) is 11.5. The molecule has 4 nitrogen and oxygen atoms in total. The van der Waals surface area contributed by atoms with Crippen molar-refractivity contribution in [2.45, 2.75) is 5.33 Å². The van der Waals surface area contributed by atoms with Gasteiger partial charge in [-0.05, 0) is 27.6 Å². The summed E-state index contributed by atoms with van der Waals surface area (Å²) in [7, 11) is 2.98. The minimum absolute atomic E-state index is 0.264. The molecular formula is C9H10Br2N2O2. The predicted octanol–water partition coefficient (Wildman–Crippen LogP) is 2.37. The molecule has 0 aliphatic heterocycles. The van der Waals surface area contributed by atoms with Gasteiger partial charge in [-0.3, -0.25) is 9.63 Å². The van der Waals surface area contributed by atoms with Gasteiger partial charge in [-0.15, -0.1) is 0 Å². The number of pyridine rings is 1. The van der Waals surface area contributed by atoms with E-state index < -0.39 is 0 Å². The Balaban J connectivity index is 3.08. The fourth-order valence-electron chi connectivity index (χ4n) is 1.01. The summed E-state index contributed by atoms with van der Waals surface area (Å²) in [5, 5.41) is 1.71. The Morgan fingerprint density at radius 1 is 1.67 bits per heavy atom. The molecule has 1 rings (SSSR count). The van der Waals surface area contributed by atoms with Gasteiger partial charge in [0.2, 0.25) is 0 Å².